The number of rotatable bonds is 4. The van der Waals surface area contributed by atoms with Gasteiger partial charge in [-0.25, -0.2) is 0 Å². The van der Waals surface area contributed by atoms with Crippen LogP contribution < -0.4 is 0 Å². The SMILES string of the molecule is CC(C)/C=C1\C(=O)N(C)C(CC(C)CO)C(=O)N1C. The number of nitrogens with zero attached hydrogens (tertiary/aromatic N) is 2. The van der Waals surface area contributed by atoms with Crippen molar-refractivity contribution in [1.29, 1.82) is 0 Å². The van der Waals surface area contributed by atoms with Crippen LogP contribution in [-0.4, -0.2) is 53.5 Å². The number of allylic oxidation sites excluding steroid dienone is 1. The van der Waals surface area contributed by atoms with E-state index < -0.39 is 6.04 Å². The standard InChI is InChI=1S/C14H24N2O3/c1-9(2)6-11-13(18)16(5)12(7-10(3)8-17)14(19)15(11)4/h6,9-10,12,17H,7-8H2,1-5H3/b11-6+. The number of hydrogen-bond donors (Lipinski definition) is 1. The van der Waals surface area contributed by atoms with Gasteiger partial charge in [0.15, 0.2) is 0 Å². The Labute approximate surface area is 114 Å². The number of aliphatic hydroxyl groups is 1. The molecule has 1 N–H and O–H groups in total. The molecule has 1 aliphatic rings. The summed E-state index contributed by atoms with van der Waals surface area (Å²) in [4.78, 5) is 27.6. The third-order valence-corrected chi connectivity index (χ3v) is 3.41. The van der Waals surface area contributed by atoms with Crippen molar-refractivity contribution in [1.82, 2.24) is 9.80 Å². The summed E-state index contributed by atoms with van der Waals surface area (Å²) in [7, 11) is 3.29. The number of carbonyl (C=O) groups excluding carboxylic acids is 2. The van der Waals surface area contributed by atoms with Gasteiger partial charge < -0.3 is 14.9 Å². The van der Waals surface area contributed by atoms with Gasteiger partial charge >= 0.3 is 0 Å². The van der Waals surface area contributed by atoms with Crippen molar-refractivity contribution in [3.63, 3.8) is 0 Å². The van der Waals surface area contributed by atoms with E-state index in [2.05, 4.69) is 0 Å². The molecule has 1 heterocycles. The zero-order valence-electron chi connectivity index (χ0n) is 12.4. The lowest BCUT2D eigenvalue weighted by atomic mass is 9.97. The number of carbonyl (C=O) groups is 2. The minimum Gasteiger partial charge on any atom is -0.396 e. The number of piperazine rings is 1. The molecule has 0 aliphatic carbocycles. The molecule has 0 bridgehead atoms. The minimum absolute atomic E-state index is 0.00627. The summed E-state index contributed by atoms with van der Waals surface area (Å²) in [5, 5.41) is 9.10. The molecule has 19 heavy (non-hydrogen) atoms. The van der Waals surface area contributed by atoms with Gasteiger partial charge in [-0.15, -0.1) is 0 Å². The van der Waals surface area contributed by atoms with E-state index in [9.17, 15) is 9.59 Å². The Morgan fingerprint density at radius 1 is 1.26 bits per heavy atom. The van der Waals surface area contributed by atoms with Gasteiger partial charge in [0.05, 0.1) is 0 Å². The van der Waals surface area contributed by atoms with Crippen LogP contribution in [0.4, 0.5) is 0 Å². The second-order valence-corrected chi connectivity index (χ2v) is 5.65. The molecule has 0 radical (unpaired) electrons. The van der Waals surface area contributed by atoms with E-state index in [1.807, 2.05) is 26.8 Å². The van der Waals surface area contributed by atoms with E-state index in [-0.39, 0.29) is 30.3 Å². The number of aliphatic hydroxyl groups excluding tert-OH is 1. The Balaban J connectivity index is 2.99. The van der Waals surface area contributed by atoms with Crippen molar-refractivity contribution in [3.8, 4) is 0 Å². The third-order valence-electron chi connectivity index (χ3n) is 3.41. The molecule has 1 fully saturated rings. The number of likely N-dealkylation sites (N-methyl/N-ethyl adjacent to an activating group) is 2. The molecule has 5 heteroatoms. The first-order valence-electron chi connectivity index (χ1n) is 6.67. The molecule has 0 aromatic rings. The second kappa shape index (κ2) is 6.19. The van der Waals surface area contributed by atoms with Crippen LogP contribution >= 0.6 is 0 Å². The highest BCUT2D eigenvalue weighted by molar-refractivity contribution is 6.04. The second-order valence-electron chi connectivity index (χ2n) is 5.65. The predicted molar refractivity (Wildman–Crippen MR) is 73.1 cm³/mol. The summed E-state index contributed by atoms with van der Waals surface area (Å²) in [6.45, 7) is 5.83. The molecule has 2 unspecified atom stereocenters. The Bertz CT molecular complexity index is 390. The molecule has 1 aliphatic heterocycles. The molecule has 0 aromatic carbocycles. The maximum Gasteiger partial charge on any atom is 0.270 e. The van der Waals surface area contributed by atoms with Gasteiger partial charge in [-0.1, -0.05) is 26.8 Å². The molecule has 108 valence electrons. The van der Waals surface area contributed by atoms with E-state index >= 15 is 0 Å². The van der Waals surface area contributed by atoms with E-state index in [1.54, 1.807) is 14.1 Å². The van der Waals surface area contributed by atoms with E-state index in [0.717, 1.165) is 0 Å². The Morgan fingerprint density at radius 3 is 2.32 bits per heavy atom. The first kappa shape index (κ1) is 15.7. The zero-order chi connectivity index (χ0) is 14.7. The van der Waals surface area contributed by atoms with E-state index in [0.29, 0.717) is 12.1 Å². The van der Waals surface area contributed by atoms with Crippen LogP contribution in [0.5, 0.6) is 0 Å². The van der Waals surface area contributed by atoms with Crippen molar-refractivity contribution in [2.45, 2.75) is 33.2 Å². The van der Waals surface area contributed by atoms with Crippen LogP contribution in [0.15, 0.2) is 11.8 Å². The predicted octanol–water partition coefficient (Wildman–Crippen LogP) is 0.844. The van der Waals surface area contributed by atoms with Gasteiger partial charge in [0.1, 0.15) is 11.7 Å². The first-order chi connectivity index (χ1) is 8.79. The first-order valence-corrected chi connectivity index (χ1v) is 6.67. The lowest BCUT2D eigenvalue weighted by Gasteiger charge is -2.39. The Morgan fingerprint density at radius 2 is 1.84 bits per heavy atom. The van der Waals surface area contributed by atoms with Crippen LogP contribution in [0.3, 0.4) is 0 Å². The fraction of sp³-hybridized carbons (Fsp3) is 0.714. The summed E-state index contributed by atoms with van der Waals surface area (Å²) >= 11 is 0. The average molecular weight is 268 g/mol. The van der Waals surface area contributed by atoms with Gasteiger partial charge in [-0.2, -0.15) is 0 Å². The zero-order valence-corrected chi connectivity index (χ0v) is 12.4. The molecule has 2 atom stereocenters. The maximum absolute atomic E-state index is 12.3. The molecule has 5 nitrogen and oxygen atoms in total. The van der Waals surface area contributed by atoms with Crippen molar-refractivity contribution in [2.24, 2.45) is 11.8 Å². The lowest BCUT2D eigenvalue weighted by Crippen LogP contribution is -2.56. The fourth-order valence-electron chi connectivity index (χ4n) is 2.19. The fourth-order valence-corrected chi connectivity index (χ4v) is 2.19. The molecule has 0 saturated carbocycles. The highest BCUT2D eigenvalue weighted by Crippen LogP contribution is 2.23. The Hall–Kier alpha value is -1.36. The Kier molecular flexibility index (Phi) is 5.11. The lowest BCUT2D eigenvalue weighted by molar-refractivity contribution is -0.149. The van der Waals surface area contributed by atoms with Crippen molar-refractivity contribution < 1.29 is 14.7 Å². The normalized spacial score (nSPS) is 24.6. The van der Waals surface area contributed by atoms with Crippen LogP contribution in [0.25, 0.3) is 0 Å². The number of hydrogen-bond acceptors (Lipinski definition) is 3. The monoisotopic (exact) mass is 268 g/mol. The van der Waals surface area contributed by atoms with Gasteiger partial charge in [-0.3, -0.25) is 9.59 Å². The quantitative estimate of drug-likeness (QED) is 0.769. The van der Waals surface area contributed by atoms with Crippen molar-refractivity contribution in [3.05, 3.63) is 11.8 Å². The highest BCUT2D eigenvalue weighted by atomic mass is 16.3. The van der Waals surface area contributed by atoms with Crippen molar-refractivity contribution >= 4 is 11.8 Å². The molecule has 1 rings (SSSR count). The largest absolute Gasteiger partial charge is 0.396 e. The van der Waals surface area contributed by atoms with Gasteiger partial charge in [0.2, 0.25) is 5.91 Å². The molecule has 1 saturated heterocycles. The smallest absolute Gasteiger partial charge is 0.270 e. The summed E-state index contributed by atoms with van der Waals surface area (Å²) in [5.41, 5.74) is 0.440. The van der Waals surface area contributed by atoms with E-state index in [4.69, 9.17) is 5.11 Å². The molecular formula is C14H24N2O3. The topological polar surface area (TPSA) is 60.9 Å². The molecule has 0 spiro atoms. The molecule has 2 amide bonds. The maximum atomic E-state index is 12.3. The summed E-state index contributed by atoms with van der Waals surface area (Å²) < 4.78 is 0. The molecular weight excluding hydrogens is 244 g/mol. The van der Waals surface area contributed by atoms with Gasteiger partial charge in [0.25, 0.3) is 5.91 Å². The van der Waals surface area contributed by atoms with Crippen LogP contribution in [-0.2, 0) is 9.59 Å². The highest BCUT2D eigenvalue weighted by Gasteiger charge is 2.39. The van der Waals surface area contributed by atoms with Crippen molar-refractivity contribution in [2.75, 3.05) is 20.7 Å². The summed E-state index contributed by atoms with van der Waals surface area (Å²) in [6, 6.07) is -0.482. The summed E-state index contributed by atoms with van der Waals surface area (Å²) in [6.07, 6.45) is 2.29. The van der Waals surface area contributed by atoms with Gasteiger partial charge in [0, 0.05) is 20.7 Å². The molecule has 0 aromatic heterocycles. The van der Waals surface area contributed by atoms with Crippen LogP contribution in [0, 0.1) is 11.8 Å². The van der Waals surface area contributed by atoms with Crippen LogP contribution in [0.2, 0.25) is 0 Å². The summed E-state index contributed by atoms with van der Waals surface area (Å²) in [5.74, 6) is -0.0241. The van der Waals surface area contributed by atoms with Gasteiger partial charge in [-0.05, 0) is 18.3 Å². The average Bonchev–Trinajstić information content (AvgIpc) is 2.36. The van der Waals surface area contributed by atoms with Crippen LogP contribution in [0.1, 0.15) is 27.2 Å². The minimum atomic E-state index is -0.482. The van der Waals surface area contributed by atoms with E-state index in [1.165, 1.54) is 9.80 Å². The number of amides is 2. The third kappa shape index (κ3) is 3.35.